The SMILES string of the molecule is Cc1nc(N2CCC3(CC2)CO[C@@H](C)[C@H]3NC(=O)OC(C)(C)C)c(CO)nc1Sc1ccnc(N2CC(C(C)(C)O)C2)c1Cl. The number of aliphatic hydroxyl groups excluding tert-OH is 1. The van der Waals surface area contributed by atoms with Gasteiger partial charge in [-0.25, -0.2) is 19.7 Å². The molecule has 13 heteroatoms. The number of nitrogens with zero attached hydrogens (tertiary/aromatic N) is 5. The van der Waals surface area contributed by atoms with Crippen molar-refractivity contribution in [2.75, 3.05) is 42.6 Å². The number of ether oxygens (including phenoxy) is 2. The molecule has 1 amide bonds. The third-order valence-electron chi connectivity index (χ3n) is 8.94. The Morgan fingerprint density at radius 1 is 1.18 bits per heavy atom. The molecule has 44 heavy (non-hydrogen) atoms. The normalized spacial score (nSPS) is 22.3. The van der Waals surface area contributed by atoms with Gasteiger partial charge in [-0.2, -0.15) is 0 Å². The minimum absolute atomic E-state index is 0.120. The molecule has 3 N–H and O–H groups in total. The molecule has 2 aromatic rings. The van der Waals surface area contributed by atoms with Gasteiger partial charge >= 0.3 is 6.09 Å². The molecule has 2 aromatic heterocycles. The minimum atomic E-state index is -0.749. The lowest BCUT2D eigenvalue weighted by molar-refractivity contribution is 0.00437. The number of nitrogens with one attached hydrogen (secondary N) is 1. The number of aryl methyl sites for hydroxylation is 1. The van der Waals surface area contributed by atoms with Gasteiger partial charge in [0.25, 0.3) is 0 Å². The van der Waals surface area contributed by atoms with Gasteiger partial charge in [0.05, 0.1) is 41.7 Å². The molecule has 3 aliphatic rings. The maximum Gasteiger partial charge on any atom is 0.407 e. The predicted molar refractivity (Wildman–Crippen MR) is 171 cm³/mol. The van der Waals surface area contributed by atoms with Crippen molar-refractivity contribution in [2.24, 2.45) is 11.3 Å². The summed E-state index contributed by atoms with van der Waals surface area (Å²) in [7, 11) is 0. The Morgan fingerprint density at radius 2 is 1.86 bits per heavy atom. The van der Waals surface area contributed by atoms with Gasteiger partial charge in [0.15, 0.2) is 5.82 Å². The Balaban J connectivity index is 1.28. The monoisotopic (exact) mass is 648 g/mol. The lowest BCUT2D eigenvalue weighted by Crippen LogP contribution is -2.56. The number of alkyl carbamates (subject to hydrolysis) is 1. The van der Waals surface area contributed by atoms with Gasteiger partial charge in [-0.05, 0) is 67.4 Å². The van der Waals surface area contributed by atoms with Crippen LogP contribution in [0.4, 0.5) is 16.4 Å². The molecule has 1 spiro atoms. The maximum absolute atomic E-state index is 12.6. The fourth-order valence-corrected chi connectivity index (χ4v) is 7.42. The molecule has 0 radical (unpaired) electrons. The van der Waals surface area contributed by atoms with E-state index in [4.69, 9.17) is 31.0 Å². The molecule has 0 unspecified atom stereocenters. The first-order valence-corrected chi connectivity index (χ1v) is 16.4. The second-order valence-electron chi connectivity index (χ2n) is 13.8. The van der Waals surface area contributed by atoms with Gasteiger partial charge in [-0.1, -0.05) is 23.4 Å². The van der Waals surface area contributed by atoms with Crippen molar-refractivity contribution >= 4 is 41.1 Å². The molecule has 5 rings (SSSR count). The summed E-state index contributed by atoms with van der Waals surface area (Å²) in [6.45, 7) is 16.2. The average molecular weight is 649 g/mol. The number of hydrogen-bond donors (Lipinski definition) is 3. The summed E-state index contributed by atoms with van der Waals surface area (Å²) in [5, 5.41) is 24.9. The first-order valence-electron chi connectivity index (χ1n) is 15.2. The lowest BCUT2D eigenvalue weighted by Gasteiger charge is -2.46. The minimum Gasteiger partial charge on any atom is -0.444 e. The molecule has 242 valence electrons. The highest BCUT2D eigenvalue weighted by Crippen LogP contribution is 2.44. The van der Waals surface area contributed by atoms with Crippen LogP contribution in [0, 0.1) is 18.3 Å². The summed E-state index contributed by atoms with van der Waals surface area (Å²) < 4.78 is 11.6. The Bertz CT molecular complexity index is 1370. The van der Waals surface area contributed by atoms with Crippen LogP contribution in [0.15, 0.2) is 22.2 Å². The van der Waals surface area contributed by atoms with E-state index in [0.29, 0.717) is 60.2 Å². The summed E-state index contributed by atoms with van der Waals surface area (Å²) in [5.74, 6) is 1.52. The van der Waals surface area contributed by atoms with E-state index in [2.05, 4.69) is 20.1 Å². The largest absolute Gasteiger partial charge is 0.444 e. The van der Waals surface area contributed by atoms with Crippen LogP contribution >= 0.6 is 23.4 Å². The molecule has 0 aromatic carbocycles. The highest BCUT2D eigenvalue weighted by molar-refractivity contribution is 7.99. The molecule has 5 heterocycles. The van der Waals surface area contributed by atoms with Crippen LogP contribution in [-0.2, 0) is 16.1 Å². The Kier molecular flexibility index (Phi) is 9.32. The highest BCUT2D eigenvalue weighted by Gasteiger charge is 2.51. The van der Waals surface area contributed by atoms with E-state index in [1.54, 1.807) is 6.20 Å². The second kappa shape index (κ2) is 12.4. The molecule has 0 aliphatic carbocycles. The van der Waals surface area contributed by atoms with Crippen molar-refractivity contribution in [3.05, 3.63) is 28.7 Å². The van der Waals surface area contributed by atoms with Crippen LogP contribution in [0.3, 0.4) is 0 Å². The van der Waals surface area contributed by atoms with E-state index in [1.807, 2.05) is 54.5 Å². The van der Waals surface area contributed by atoms with Crippen molar-refractivity contribution < 1.29 is 24.5 Å². The standard InChI is InChI=1S/C31H45ClN6O5S/c1-18-27(44-22-8-11-33-26(23(22)32)38-14-20(15-38)30(6,7)41)35-21(16-39)25(34-18)37-12-9-31(10-13-37)17-42-19(2)24(31)36-28(40)43-29(3,4)5/h8,11,19-20,24,39,41H,9-10,12-17H2,1-7H3,(H,36,40)/t19-,24+/m0/s1. The van der Waals surface area contributed by atoms with E-state index >= 15 is 0 Å². The van der Waals surface area contributed by atoms with Crippen LogP contribution in [0.25, 0.3) is 0 Å². The van der Waals surface area contributed by atoms with Crippen molar-refractivity contribution in [3.8, 4) is 0 Å². The summed E-state index contributed by atoms with van der Waals surface area (Å²) in [6.07, 6.45) is 2.77. The second-order valence-corrected chi connectivity index (χ2v) is 15.2. The number of halogens is 1. The fraction of sp³-hybridized carbons (Fsp3) is 0.677. The topological polar surface area (TPSA) is 133 Å². The molecule has 3 aliphatic heterocycles. The van der Waals surface area contributed by atoms with Crippen LogP contribution in [-0.4, -0.2) is 87.4 Å². The quantitative estimate of drug-likeness (QED) is 0.390. The average Bonchev–Trinajstić information content (AvgIpc) is 3.19. The fourth-order valence-electron chi connectivity index (χ4n) is 6.20. The molecule has 0 bridgehead atoms. The van der Waals surface area contributed by atoms with Crippen LogP contribution in [0.5, 0.6) is 0 Å². The van der Waals surface area contributed by atoms with E-state index in [-0.39, 0.29) is 30.1 Å². The molecule has 3 saturated heterocycles. The number of amides is 1. The van der Waals surface area contributed by atoms with E-state index in [9.17, 15) is 15.0 Å². The number of aliphatic hydroxyl groups is 2. The van der Waals surface area contributed by atoms with Crippen LogP contribution < -0.4 is 15.1 Å². The number of piperidine rings is 1. The molecule has 2 atom stereocenters. The van der Waals surface area contributed by atoms with Gasteiger partial charge in [0.1, 0.15) is 22.1 Å². The zero-order valence-corrected chi connectivity index (χ0v) is 28.3. The first-order chi connectivity index (χ1) is 20.6. The predicted octanol–water partition coefficient (Wildman–Crippen LogP) is 4.58. The smallest absolute Gasteiger partial charge is 0.407 e. The first kappa shape index (κ1) is 33.0. The van der Waals surface area contributed by atoms with E-state index in [1.165, 1.54) is 11.8 Å². The van der Waals surface area contributed by atoms with Crippen LogP contribution in [0.2, 0.25) is 5.02 Å². The third-order valence-corrected chi connectivity index (χ3v) is 10.6. The summed E-state index contributed by atoms with van der Waals surface area (Å²) in [4.78, 5) is 31.9. The zero-order valence-electron chi connectivity index (χ0n) is 26.7. The molecule has 3 fully saturated rings. The van der Waals surface area contributed by atoms with Gasteiger partial charge in [-0.3, -0.25) is 0 Å². The number of pyridine rings is 1. The van der Waals surface area contributed by atoms with E-state index < -0.39 is 17.3 Å². The molecular formula is C31H45ClN6O5S. The maximum atomic E-state index is 12.6. The molecule has 0 saturated carbocycles. The lowest BCUT2D eigenvalue weighted by atomic mass is 9.73. The number of rotatable bonds is 7. The number of aromatic nitrogens is 3. The van der Waals surface area contributed by atoms with Crippen LogP contribution in [0.1, 0.15) is 65.8 Å². The number of anilines is 2. The van der Waals surface area contributed by atoms with Gasteiger partial charge in [0, 0.05) is 48.6 Å². The number of carbonyl (C=O) groups excluding carboxylic acids is 1. The van der Waals surface area contributed by atoms with Crippen molar-refractivity contribution in [1.82, 2.24) is 20.3 Å². The van der Waals surface area contributed by atoms with Gasteiger partial charge in [-0.15, -0.1) is 0 Å². The van der Waals surface area contributed by atoms with Gasteiger partial charge in [0.2, 0.25) is 0 Å². The van der Waals surface area contributed by atoms with Crippen molar-refractivity contribution in [2.45, 2.75) is 101 Å². The molecular weight excluding hydrogens is 604 g/mol. The zero-order chi connectivity index (χ0) is 32.0. The van der Waals surface area contributed by atoms with Gasteiger partial charge < -0.3 is 34.8 Å². The Hall–Kier alpha value is -2.38. The summed E-state index contributed by atoms with van der Waals surface area (Å²) >= 11 is 8.22. The van der Waals surface area contributed by atoms with E-state index in [0.717, 1.165) is 23.4 Å². The number of carbonyl (C=O) groups is 1. The number of hydrogen-bond acceptors (Lipinski definition) is 11. The summed E-state index contributed by atoms with van der Waals surface area (Å²) in [6, 6.07) is 1.70. The highest BCUT2D eigenvalue weighted by atomic mass is 35.5. The Labute approximate surface area is 269 Å². The summed E-state index contributed by atoms with van der Waals surface area (Å²) in [5.41, 5.74) is -0.281. The third kappa shape index (κ3) is 6.89. The van der Waals surface area contributed by atoms with Crippen molar-refractivity contribution in [1.29, 1.82) is 0 Å². The van der Waals surface area contributed by atoms with Crippen molar-refractivity contribution in [3.63, 3.8) is 0 Å². The molecule has 11 nitrogen and oxygen atoms in total. The Morgan fingerprint density at radius 3 is 2.48 bits per heavy atom.